The molecule has 0 radical (unpaired) electrons. The summed E-state index contributed by atoms with van der Waals surface area (Å²) in [5.74, 6) is 2.14. The van der Waals surface area contributed by atoms with Gasteiger partial charge in [0.2, 0.25) is 0 Å². The Morgan fingerprint density at radius 3 is 2.78 bits per heavy atom. The third-order valence-corrected chi connectivity index (χ3v) is 2.82. The maximum atomic E-state index is 5.85. The van der Waals surface area contributed by atoms with Gasteiger partial charge in [-0.3, -0.25) is 0 Å². The Bertz CT molecular complexity index is 111. The van der Waals surface area contributed by atoms with E-state index in [-0.39, 0.29) is 0 Å². The van der Waals surface area contributed by atoms with Gasteiger partial charge in [0, 0.05) is 6.04 Å². The zero-order chi connectivity index (χ0) is 6.27. The molecule has 2 rings (SSSR count). The highest BCUT2D eigenvalue weighted by Crippen LogP contribution is 2.47. The standard InChI is InChI=1S/C8H15N/c9-8-3-1-2-6-4-7(6)5-8/h6-8H,1-5,9H2. The van der Waals surface area contributed by atoms with E-state index in [1.54, 1.807) is 0 Å². The molecule has 0 spiro atoms. The molecule has 0 saturated heterocycles. The van der Waals surface area contributed by atoms with Crippen molar-refractivity contribution >= 4 is 0 Å². The monoisotopic (exact) mass is 125 g/mol. The maximum Gasteiger partial charge on any atom is 0.00415 e. The number of rotatable bonds is 0. The smallest absolute Gasteiger partial charge is 0.00415 e. The molecule has 0 heterocycles. The number of hydrogen-bond donors (Lipinski definition) is 1. The normalized spacial score (nSPS) is 49.7. The highest BCUT2D eigenvalue weighted by molar-refractivity contribution is 4.91. The van der Waals surface area contributed by atoms with Crippen molar-refractivity contribution < 1.29 is 0 Å². The van der Waals surface area contributed by atoms with E-state index in [4.69, 9.17) is 5.73 Å². The average molecular weight is 125 g/mol. The molecule has 0 bridgehead atoms. The summed E-state index contributed by atoms with van der Waals surface area (Å²) in [4.78, 5) is 0. The Labute approximate surface area is 56.6 Å². The molecule has 2 aliphatic rings. The molecule has 0 aromatic carbocycles. The largest absolute Gasteiger partial charge is 0.328 e. The highest BCUT2D eigenvalue weighted by atomic mass is 14.7. The van der Waals surface area contributed by atoms with Crippen molar-refractivity contribution in [2.75, 3.05) is 0 Å². The van der Waals surface area contributed by atoms with E-state index in [1.165, 1.54) is 32.1 Å². The van der Waals surface area contributed by atoms with Crippen LogP contribution < -0.4 is 5.73 Å². The summed E-state index contributed by atoms with van der Waals surface area (Å²) >= 11 is 0. The molecule has 2 aliphatic carbocycles. The quantitative estimate of drug-likeness (QED) is 0.522. The lowest BCUT2D eigenvalue weighted by atomic mass is 10.1. The number of fused-ring (bicyclic) bond motifs is 1. The van der Waals surface area contributed by atoms with Crippen LogP contribution in [0.3, 0.4) is 0 Å². The van der Waals surface area contributed by atoms with Crippen molar-refractivity contribution in [3.05, 3.63) is 0 Å². The van der Waals surface area contributed by atoms with Gasteiger partial charge in [-0.05, 0) is 31.1 Å². The van der Waals surface area contributed by atoms with E-state index in [2.05, 4.69) is 0 Å². The van der Waals surface area contributed by atoms with Gasteiger partial charge in [-0.25, -0.2) is 0 Å². The van der Waals surface area contributed by atoms with Gasteiger partial charge >= 0.3 is 0 Å². The molecule has 0 aliphatic heterocycles. The van der Waals surface area contributed by atoms with Gasteiger partial charge in [0.15, 0.2) is 0 Å². The van der Waals surface area contributed by atoms with Gasteiger partial charge in [-0.1, -0.05) is 12.8 Å². The summed E-state index contributed by atoms with van der Waals surface area (Å²) in [7, 11) is 0. The van der Waals surface area contributed by atoms with Gasteiger partial charge < -0.3 is 5.73 Å². The van der Waals surface area contributed by atoms with Gasteiger partial charge in [0.1, 0.15) is 0 Å². The van der Waals surface area contributed by atoms with E-state index < -0.39 is 0 Å². The minimum Gasteiger partial charge on any atom is -0.328 e. The van der Waals surface area contributed by atoms with Crippen LogP contribution in [0.2, 0.25) is 0 Å². The Balaban J connectivity index is 1.92. The van der Waals surface area contributed by atoms with Gasteiger partial charge in [-0.15, -0.1) is 0 Å². The molecule has 52 valence electrons. The zero-order valence-corrected chi connectivity index (χ0v) is 5.84. The Morgan fingerprint density at radius 2 is 1.89 bits per heavy atom. The van der Waals surface area contributed by atoms with Crippen LogP contribution in [0.4, 0.5) is 0 Å². The van der Waals surface area contributed by atoms with Crippen molar-refractivity contribution in [2.24, 2.45) is 17.6 Å². The third kappa shape index (κ3) is 1.11. The van der Waals surface area contributed by atoms with E-state index in [9.17, 15) is 0 Å². The fourth-order valence-corrected chi connectivity index (χ4v) is 2.10. The summed E-state index contributed by atoms with van der Waals surface area (Å²) in [6, 6.07) is 0.544. The molecule has 2 saturated carbocycles. The first-order valence-electron chi connectivity index (χ1n) is 4.12. The summed E-state index contributed by atoms with van der Waals surface area (Å²) < 4.78 is 0. The second kappa shape index (κ2) is 1.98. The van der Waals surface area contributed by atoms with Gasteiger partial charge in [0.25, 0.3) is 0 Å². The second-order valence-electron chi connectivity index (χ2n) is 3.68. The molecule has 3 atom stereocenters. The molecule has 0 amide bonds. The summed E-state index contributed by atoms with van der Waals surface area (Å²) in [6.45, 7) is 0. The van der Waals surface area contributed by atoms with Crippen LogP contribution in [0.25, 0.3) is 0 Å². The average Bonchev–Trinajstić information content (AvgIpc) is 2.43. The predicted molar refractivity (Wildman–Crippen MR) is 38.0 cm³/mol. The van der Waals surface area contributed by atoms with Crippen LogP contribution >= 0.6 is 0 Å². The molecular weight excluding hydrogens is 110 g/mol. The number of nitrogens with two attached hydrogens (primary N) is 1. The molecule has 2 fully saturated rings. The Hall–Kier alpha value is -0.0400. The summed E-state index contributed by atoms with van der Waals surface area (Å²) in [5.41, 5.74) is 5.85. The SMILES string of the molecule is NC1CCCC2CC2C1. The Kier molecular flexibility index (Phi) is 1.26. The molecular formula is C8H15N. The number of hydrogen-bond acceptors (Lipinski definition) is 1. The van der Waals surface area contributed by atoms with Gasteiger partial charge in [0.05, 0.1) is 0 Å². The van der Waals surface area contributed by atoms with Crippen molar-refractivity contribution in [3.63, 3.8) is 0 Å². The summed E-state index contributed by atoms with van der Waals surface area (Å²) in [6.07, 6.45) is 6.96. The second-order valence-corrected chi connectivity index (χ2v) is 3.68. The fourth-order valence-electron chi connectivity index (χ4n) is 2.10. The lowest BCUT2D eigenvalue weighted by Gasteiger charge is -2.05. The Morgan fingerprint density at radius 1 is 1.00 bits per heavy atom. The predicted octanol–water partition coefficient (Wildman–Crippen LogP) is 1.52. The molecule has 0 aromatic rings. The minimum absolute atomic E-state index is 0.544. The first-order chi connectivity index (χ1) is 4.36. The third-order valence-electron chi connectivity index (χ3n) is 2.82. The van der Waals surface area contributed by atoms with Crippen molar-refractivity contribution in [1.29, 1.82) is 0 Å². The van der Waals surface area contributed by atoms with E-state index in [0.29, 0.717) is 6.04 Å². The molecule has 0 aromatic heterocycles. The van der Waals surface area contributed by atoms with E-state index >= 15 is 0 Å². The van der Waals surface area contributed by atoms with Crippen LogP contribution in [0.5, 0.6) is 0 Å². The zero-order valence-electron chi connectivity index (χ0n) is 5.84. The molecule has 3 unspecified atom stereocenters. The van der Waals surface area contributed by atoms with Crippen molar-refractivity contribution in [1.82, 2.24) is 0 Å². The first kappa shape index (κ1) is 5.72. The first-order valence-corrected chi connectivity index (χ1v) is 4.12. The lowest BCUT2D eigenvalue weighted by Crippen LogP contribution is -2.19. The topological polar surface area (TPSA) is 26.0 Å². The van der Waals surface area contributed by atoms with Crippen LogP contribution in [0.15, 0.2) is 0 Å². The van der Waals surface area contributed by atoms with E-state index in [1.807, 2.05) is 0 Å². The van der Waals surface area contributed by atoms with Crippen molar-refractivity contribution in [3.8, 4) is 0 Å². The summed E-state index contributed by atoms with van der Waals surface area (Å²) in [5, 5.41) is 0. The van der Waals surface area contributed by atoms with Crippen molar-refractivity contribution in [2.45, 2.75) is 38.1 Å². The highest BCUT2D eigenvalue weighted by Gasteiger charge is 2.38. The molecule has 9 heavy (non-hydrogen) atoms. The fraction of sp³-hybridized carbons (Fsp3) is 1.00. The maximum absolute atomic E-state index is 5.85. The van der Waals surface area contributed by atoms with Gasteiger partial charge in [-0.2, -0.15) is 0 Å². The molecule has 1 heteroatoms. The minimum atomic E-state index is 0.544. The van der Waals surface area contributed by atoms with Crippen LogP contribution in [-0.2, 0) is 0 Å². The van der Waals surface area contributed by atoms with Crippen LogP contribution in [0, 0.1) is 11.8 Å². The molecule has 2 N–H and O–H groups in total. The van der Waals surface area contributed by atoms with E-state index in [0.717, 1.165) is 11.8 Å². The molecule has 1 nitrogen and oxygen atoms in total. The van der Waals surface area contributed by atoms with Crippen LogP contribution in [-0.4, -0.2) is 6.04 Å². The van der Waals surface area contributed by atoms with Crippen LogP contribution in [0.1, 0.15) is 32.1 Å². The lowest BCUT2D eigenvalue weighted by molar-refractivity contribution is 0.547.